The molecule has 0 saturated carbocycles. The largest absolute Gasteiger partial charge is 0.487 e. The molecule has 0 fully saturated rings. The Balaban J connectivity index is 1.74. The fourth-order valence-corrected chi connectivity index (χ4v) is 3.22. The topological polar surface area (TPSA) is 31.2 Å². The Morgan fingerprint density at radius 1 is 1.26 bits per heavy atom. The van der Waals surface area contributed by atoms with Gasteiger partial charge in [0.05, 0.1) is 6.54 Å². The van der Waals surface area contributed by atoms with Crippen LogP contribution in [0.1, 0.15) is 18.4 Å². The summed E-state index contributed by atoms with van der Waals surface area (Å²) in [4.78, 5) is 12.5. The maximum Gasteiger partial charge on any atom is 0.268 e. The fourth-order valence-electron chi connectivity index (χ4n) is 2.74. The maximum atomic E-state index is 13.9. The zero-order valence-corrected chi connectivity index (χ0v) is 15.9. The van der Waals surface area contributed by atoms with Gasteiger partial charge >= 0.3 is 0 Å². The lowest BCUT2D eigenvalue weighted by Crippen LogP contribution is -2.21. The minimum absolute atomic E-state index is 0.110. The highest BCUT2D eigenvalue weighted by atomic mass is 79.9. The van der Waals surface area contributed by atoms with Crippen molar-refractivity contribution in [3.8, 4) is 5.75 Å². The number of hydrogen-bond acceptors (Lipinski definition) is 2. The highest BCUT2D eigenvalue weighted by molar-refractivity contribution is 9.10. The van der Waals surface area contributed by atoms with E-state index in [1.165, 1.54) is 22.9 Å². The molecule has 2 aromatic rings. The molecule has 0 amide bonds. The fraction of sp³-hybridized carbons (Fsp3) is 0.250. The lowest BCUT2D eigenvalue weighted by molar-refractivity contribution is 0.343. The zero-order chi connectivity index (χ0) is 19.4. The smallest absolute Gasteiger partial charge is 0.268 e. The van der Waals surface area contributed by atoms with Crippen LogP contribution in [0.3, 0.4) is 0 Å². The van der Waals surface area contributed by atoms with E-state index in [1.54, 1.807) is 24.3 Å². The number of halogens is 4. The van der Waals surface area contributed by atoms with Gasteiger partial charge in [-0.15, -0.1) is 0 Å². The van der Waals surface area contributed by atoms with Crippen molar-refractivity contribution in [1.82, 2.24) is 4.57 Å². The Kier molecular flexibility index (Phi) is 6.21. The van der Waals surface area contributed by atoms with E-state index in [1.807, 2.05) is 0 Å². The van der Waals surface area contributed by atoms with Crippen molar-refractivity contribution in [2.45, 2.75) is 25.6 Å². The van der Waals surface area contributed by atoms with Crippen LogP contribution in [0, 0.1) is 5.82 Å². The van der Waals surface area contributed by atoms with E-state index in [4.69, 9.17) is 4.74 Å². The molecule has 1 unspecified atom stereocenters. The van der Waals surface area contributed by atoms with Gasteiger partial charge in [0.15, 0.2) is 0 Å². The minimum atomic E-state index is -1.31. The predicted octanol–water partition coefficient (Wildman–Crippen LogP) is 5.09. The van der Waals surface area contributed by atoms with Crippen molar-refractivity contribution in [1.29, 1.82) is 0 Å². The second kappa shape index (κ2) is 8.61. The van der Waals surface area contributed by atoms with Crippen LogP contribution in [0.5, 0.6) is 5.75 Å². The van der Waals surface area contributed by atoms with Gasteiger partial charge in [-0.1, -0.05) is 18.2 Å². The van der Waals surface area contributed by atoms with Crippen LogP contribution < -0.4 is 10.3 Å². The summed E-state index contributed by atoms with van der Waals surface area (Å²) in [6, 6.07) is 7.56. The van der Waals surface area contributed by atoms with Crippen LogP contribution in [-0.4, -0.2) is 17.3 Å². The molecule has 1 aromatic heterocycles. The molecule has 1 aromatic carbocycles. The Hall–Kier alpha value is -2.28. The number of pyridine rings is 1. The number of nitrogens with zero attached hydrogens (tertiary/aromatic N) is 1. The van der Waals surface area contributed by atoms with Crippen molar-refractivity contribution in [2.24, 2.45) is 0 Å². The summed E-state index contributed by atoms with van der Waals surface area (Å²) in [6.45, 7) is 0.0941. The Morgan fingerprint density at radius 2 is 2.07 bits per heavy atom. The van der Waals surface area contributed by atoms with Crippen LogP contribution >= 0.6 is 15.9 Å². The third-order valence-corrected chi connectivity index (χ3v) is 4.89. The van der Waals surface area contributed by atoms with Gasteiger partial charge < -0.3 is 9.30 Å². The van der Waals surface area contributed by atoms with Gasteiger partial charge in [0.2, 0.25) is 0 Å². The molecule has 0 aliphatic heterocycles. The number of aromatic nitrogens is 1. The first-order chi connectivity index (χ1) is 12.9. The SMILES string of the molecule is O=c1c(Br)c(OCC2=CCCC(F)C=C2F)ccn1Cc1cccc(F)c1. The molecule has 1 heterocycles. The molecule has 1 atom stereocenters. The van der Waals surface area contributed by atoms with Crippen molar-refractivity contribution < 1.29 is 17.9 Å². The molecule has 0 spiro atoms. The summed E-state index contributed by atoms with van der Waals surface area (Å²) in [7, 11) is 0. The number of allylic oxidation sites excluding steroid dienone is 2. The molecule has 1 aliphatic carbocycles. The van der Waals surface area contributed by atoms with Gasteiger partial charge in [-0.25, -0.2) is 13.2 Å². The number of rotatable bonds is 5. The quantitative estimate of drug-likeness (QED) is 0.649. The van der Waals surface area contributed by atoms with Crippen LogP contribution in [-0.2, 0) is 6.54 Å². The Morgan fingerprint density at radius 3 is 2.85 bits per heavy atom. The van der Waals surface area contributed by atoms with E-state index in [9.17, 15) is 18.0 Å². The van der Waals surface area contributed by atoms with Crippen LogP contribution in [0.2, 0.25) is 0 Å². The monoisotopic (exact) mass is 439 g/mol. The van der Waals surface area contributed by atoms with E-state index in [2.05, 4.69) is 15.9 Å². The Bertz CT molecular complexity index is 952. The van der Waals surface area contributed by atoms with E-state index < -0.39 is 12.0 Å². The minimum Gasteiger partial charge on any atom is -0.487 e. The molecule has 0 saturated heterocycles. The van der Waals surface area contributed by atoms with Gasteiger partial charge in [0.1, 0.15) is 34.6 Å². The summed E-state index contributed by atoms with van der Waals surface area (Å²) in [5.41, 5.74) is 0.548. The van der Waals surface area contributed by atoms with E-state index in [-0.39, 0.29) is 46.7 Å². The number of hydrogen-bond donors (Lipinski definition) is 0. The number of alkyl halides is 1. The molecule has 3 rings (SSSR count). The van der Waals surface area contributed by atoms with Crippen molar-refractivity contribution in [2.75, 3.05) is 6.61 Å². The van der Waals surface area contributed by atoms with Crippen LogP contribution in [0.15, 0.2) is 69.3 Å². The lowest BCUT2D eigenvalue weighted by atomic mass is 10.2. The highest BCUT2D eigenvalue weighted by Gasteiger charge is 2.15. The first kappa shape index (κ1) is 19.5. The van der Waals surface area contributed by atoms with Crippen molar-refractivity contribution >= 4 is 15.9 Å². The van der Waals surface area contributed by atoms with E-state index in [0.717, 1.165) is 6.08 Å². The normalized spacial score (nSPS) is 17.1. The predicted molar refractivity (Wildman–Crippen MR) is 101 cm³/mol. The van der Waals surface area contributed by atoms with Crippen LogP contribution in [0.4, 0.5) is 13.2 Å². The van der Waals surface area contributed by atoms with Gasteiger partial charge in [0, 0.05) is 11.8 Å². The summed E-state index contributed by atoms with van der Waals surface area (Å²) in [5.74, 6) is -0.761. The molecule has 1 aliphatic rings. The van der Waals surface area contributed by atoms with Gasteiger partial charge in [0.25, 0.3) is 5.56 Å². The van der Waals surface area contributed by atoms with E-state index >= 15 is 0 Å². The summed E-state index contributed by atoms with van der Waals surface area (Å²) in [5, 5.41) is 0. The molecule has 0 bridgehead atoms. The second-order valence-corrected chi connectivity index (χ2v) is 6.98. The average Bonchev–Trinajstić information content (AvgIpc) is 2.78. The molecule has 0 N–H and O–H groups in total. The molecule has 7 heteroatoms. The number of ether oxygens (including phenoxy) is 1. The number of benzene rings is 1. The second-order valence-electron chi connectivity index (χ2n) is 6.18. The van der Waals surface area contributed by atoms with Crippen molar-refractivity contribution in [3.05, 3.63) is 86.3 Å². The third-order valence-electron chi connectivity index (χ3n) is 4.16. The molecular weight excluding hydrogens is 423 g/mol. The molecule has 27 heavy (non-hydrogen) atoms. The van der Waals surface area contributed by atoms with Crippen LogP contribution in [0.25, 0.3) is 0 Å². The highest BCUT2D eigenvalue weighted by Crippen LogP contribution is 2.25. The van der Waals surface area contributed by atoms with Crippen molar-refractivity contribution in [3.63, 3.8) is 0 Å². The summed E-state index contributed by atoms with van der Waals surface area (Å²) in [6.07, 6.45) is 3.41. The van der Waals surface area contributed by atoms with Gasteiger partial charge in [-0.2, -0.15) is 0 Å². The average molecular weight is 440 g/mol. The molecular formula is C20H17BrF3NO2. The maximum absolute atomic E-state index is 13.9. The molecule has 3 nitrogen and oxygen atoms in total. The molecule has 142 valence electrons. The van der Waals surface area contributed by atoms with Gasteiger partial charge in [-0.05, 0) is 58.6 Å². The van der Waals surface area contributed by atoms with E-state index in [0.29, 0.717) is 12.0 Å². The Labute approximate surface area is 162 Å². The standard InChI is InChI=1S/C20H17BrF3NO2/c21-19-18(27-12-14-4-2-6-16(23)10-17(14)24)7-8-25(20(19)26)11-13-3-1-5-15(22)9-13/h1,3-5,7-10,16H,2,6,11-12H2. The summed E-state index contributed by atoms with van der Waals surface area (Å²) < 4.78 is 47.7. The lowest BCUT2D eigenvalue weighted by Gasteiger charge is -2.12. The third kappa shape index (κ3) is 4.91. The molecule has 0 radical (unpaired) electrons. The first-order valence-electron chi connectivity index (χ1n) is 8.41. The summed E-state index contributed by atoms with van der Waals surface area (Å²) >= 11 is 3.20. The van der Waals surface area contributed by atoms with Gasteiger partial charge in [-0.3, -0.25) is 4.79 Å². The zero-order valence-electron chi connectivity index (χ0n) is 14.3. The first-order valence-corrected chi connectivity index (χ1v) is 9.20.